The van der Waals surface area contributed by atoms with Crippen molar-refractivity contribution in [2.24, 2.45) is 5.92 Å². The van der Waals surface area contributed by atoms with E-state index in [4.69, 9.17) is 6.92 Å². The molecule has 0 bridgehead atoms. The molecule has 0 N–H and O–H groups in total. The summed E-state index contributed by atoms with van der Waals surface area (Å²) in [6.45, 7) is 8.62. The van der Waals surface area contributed by atoms with Crippen molar-refractivity contribution in [3.63, 3.8) is 0 Å². The highest BCUT2D eigenvalue weighted by Gasteiger charge is 1.84. The van der Waals surface area contributed by atoms with Crippen LogP contribution in [0.1, 0.15) is 13.8 Å². The molecule has 1 atom stereocenters. The Hall–Kier alpha value is -0.590. The van der Waals surface area contributed by atoms with E-state index in [1.807, 2.05) is 6.92 Å². The standard InChI is InChI=1S/C7H10O/c1-6(2)4-5-7(3)8/h1,4-6H,2-3H3/b5-4+. The SMILES string of the molecule is [CH]C(C)/C=C/C(C)=O. The van der Waals surface area contributed by atoms with E-state index >= 15 is 0 Å². The Morgan fingerprint density at radius 2 is 2.25 bits per heavy atom. The smallest absolute Gasteiger partial charge is 0.152 e. The molecule has 44 valence electrons. The van der Waals surface area contributed by atoms with Crippen molar-refractivity contribution in [2.75, 3.05) is 0 Å². The molecule has 0 heterocycles. The van der Waals surface area contributed by atoms with E-state index in [2.05, 4.69) is 0 Å². The van der Waals surface area contributed by atoms with Crippen LogP contribution in [-0.2, 0) is 4.79 Å². The van der Waals surface area contributed by atoms with Crippen LogP contribution in [0.25, 0.3) is 0 Å². The number of carbonyl (C=O) groups is 1. The molecule has 1 unspecified atom stereocenters. The zero-order chi connectivity index (χ0) is 6.57. The van der Waals surface area contributed by atoms with Gasteiger partial charge in [0.15, 0.2) is 5.78 Å². The van der Waals surface area contributed by atoms with Gasteiger partial charge in [0.25, 0.3) is 0 Å². The average Bonchev–Trinajstić information content (AvgIpc) is 1.61. The Kier molecular flexibility index (Phi) is 3.16. The zero-order valence-electron chi connectivity index (χ0n) is 5.22. The van der Waals surface area contributed by atoms with Gasteiger partial charge < -0.3 is 0 Å². The van der Waals surface area contributed by atoms with Crippen LogP contribution in [0, 0.1) is 12.8 Å². The van der Waals surface area contributed by atoms with Gasteiger partial charge >= 0.3 is 0 Å². The fourth-order valence-electron chi connectivity index (χ4n) is 0.287. The van der Waals surface area contributed by atoms with Gasteiger partial charge in [-0.25, -0.2) is 0 Å². The maximum absolute atomic E-state index is 10.2. The van der Waals surface area contributed by atoms with E-state index in [1.54, 1.807) is 6.08 Å². The van der Waals surface area contributed by atoms with Gasteiger partial charge in [0.2, 0.25) is 0 Å². The molecular weight excluding hydrogens is 100 g/mol. The van der Waals surface area contributed by atoms with Gasteiger partial charge in [-0.1, -0.05) is 13.0 Å². The van der Waals surface area contributed by atoms with Crippen LogP contribution < -0.4 is 0 Å². The summed E-state index contributed by atoms with van der Waals surface area (Å²) in [6.07, 6.45) is 3.15. The maximum atomic E-state index is 10.2. The van der Waals surface area contributed by atoms with Gasteiger partial charge in [-0.15, -0.1) is 0 Å². The molecule has 1 nitrogen and oxygen atoms in total. The molecule has 0 saturated heterocycles. The highest BCUT2D eigenvalue weighted by Crippen LogP contribution is 1.91. The van der Waals surface area contributed by atoms with Gasteiger partial charge in [-0.3, -0.25) is 4.79 Å². The second-order valence-corrected chi connectivity index (χ2v) is 1.83. The van der Waals surface area contributed by atoms with Gasteiger partial charge in [-0.05, 0) is 25.8 Å². The molecule has 0 aliphatic carbocycles. The normalized spacial score (nSPS) is 11.0. The minimum atomic E-state index is -0.0149. The highest BCUT2D eigenvalue weighted by molar-refractivity contribution is 5.87. The third-order valence-corrected chi connectivity index (χ3v) is 0.634. The summed E-state index contributed by atoms with van der Waals surface area (Å²) in [5.41, 5.74) is 0. The van der Waals surface area contributed by atoms with E-state index in [9.17, 15) is 4.79 Å². The summed E-state index contributed by atoms with van der Waals surface area (Å²) in [5, 5.41) is 0. The molecule has 0 amide bonds. The highest BCUT2D eigenvalue weighted by atomic mass is 16.1. The molecule has 0 aromatic rings. The zero-order valence-corrected chi connectivity index (χ0v) is 5.22. The Balaban J connectivity index is 3.50. The number of hydrogen-bond donors (Lipinski definition) is 0. The number of hydrogen-bond acceptors (Lipinski definition) is 1. The molecular formula is C7H10O. The van der Waals surface area contributed by atoms with Crippen LogP contribution in [-0.4, -0.2) is 5.78 Å². The Labute approximate surface area is 50.4 Å². The van der Waals surface area contributed by atoms with Crippen molar-refractivity contribution < 1.29 is 4.79 Å². The van der Waals surface area contributed by atoms with Crippen molar-refractivity contribution in [1.29, 1.82) is 0 Å². The van der Waals surface area contributed by atoms with Crippen molar-refractivity contribution in [3.8, 4) is 0 Å². The summed E-state index contributed by atoms with van der Waals surface area (Å²) >= 11 is 0. The van der Waals surface area contributed by atoms with Crippen molar-refractivity contribution in [3.05, 3.63) is 19.1 Å². The van der Waals surface area contributed by atoms with E-state index < -0.39 is 0 Å². The molecule has 0 aliphatic rings. The predicted molar refractivity (Wildman–Crippen MR) is 33.3 cm³/mol. The van der Waals surface area contributed by atoms with Crippen molar-refractivity contribution >= 4 is 5.78 Å². The Morgan fingerprint density at radius 3 is 2.38 bits per heavy atom. The lowest BCUT2D eigenvalue weighted by molar-refractivity contribution is -0.112. The second kappa shape index (κ2) is 3.42. The van der Waals surface area contributed by atoms with E-state index in [-0.39, 0.29) is 11.7 Å². The lowest BCUT2D eigenvalue weighted by Crippen LogP contribution is -1.83. The first kappa shape index (κ1) is 7.41. The summed E-state index contributed by atoms with van der Waals surface area (Å²) in [5.74, 6) is 0.0289. The molecule has 0 aromatic heterocycles. The lowest BCUT2D eigenvalue weighted by Gasteiger charge is -1.88. The minimum absolute atomic E-state index is 0.0149. The molecule has 0 aromatic carbocycles. The molecule has 0 aliphatic heterocycles. The van der Waals surface area contributed by atoms with Crippen molar-refractivity contribution in [1.82, 2.24) is 0 Å². The molecule has 0 fully saturated rings. The fourth-order valence-corrected chi connectivity index (χ4v) is 0.287. The van der Waals surface area contributed by atoms with E-state index in [0.717, 1.165) is 0 Å². The summed E-state index contributed by atoms with van der Waals surface area (Å²) < 4.78 is 0. The van der Waals surface area contributed by atoms with Crippen LogP contribution in [0.5, 0.6) is 0 Å². The lowest BCUT2D eigenvalue weighted by atomic mass is 10.2. The second-order valence-electron chi connectivity index (χ2n) is 1.83. The first-order valence-corrected chi connectivity index (χ1v) is 2.57. The van der Waals surface area contributed by atoms with Crippen LogP contribution in [0.4, 0.5) is 0 Å². The third kappa shape index (κ3) is 5.41. The summed E-state index contributed by atoms with van der Waals surface area (Å²) in [4.78, 5) is 10.2. The average molecular weight is 110 g/mol. The van der Waals surface area contributed by atoms with Gasteiger partial charge in [0, 0.05) is 0 Å². The van der Waals surface area contributed by atoms with Crippen LogP contribution >= 0.6 is 0 Å². The maximum Gasteiger partial charge on any atom is 0.152 e. The van der Waals surface area contributed by atoms with Gasteiger partial charge in [-0.2, -0.15) is 0 Å². The number of allylic oxidation sites excluding steroid dienone is 2. The Morgan fingerprint density at radius 1 is 1.75 bits per heavy atom. The van der Waals surface area contributed by atoms with Crippen LogP contribution in [0.15, 0.2) is 12.2 Å². The molecule has 0 rings (SSSR count). The monoisotopic (exact) mass is 110 g/mol. The summed E-state index contributed by atoms with van der Waals surface area (Å²) in [7, 11) is 0. The van der Waals surface area contributed by atoms with Gasteiger partial charge in [0.1, 0.15) is 0 Å². The topological polar surface area (TPSA) is 17.1 Å². The molecule has 1 heteroatoms. The first-order chi connectivity index (χ1) is 3.63. The van der Waals surface area contributed by atoms with E-state index in [1.165, 1.54) is 13.0 Å². The predicted octanol–water partition coefficient (Wildman–Crippen LogP) is 1.48. The summed E-state index contributed by atoms with van der Waals surface area (Å²) in [6, 6.07) is 0. The number of ketones is 1. The fraction of sp³-hybridized carbons (Fsp3) is 0.429. The molecule has 0 saturated carbocycles. The van der Waals surface area contributed by atoms with Crippen LogP contribution in [0.2, 0.25) is 0 Å². The van der Waals surface area contributed by atoms with Crippen molar-refractivity contribution in [2.45, 2.75) is 13.8 Å². The van der Waals surface area contributed by atoms with Crippen LogP contribution in [0.3, 0.4) is 0 Å². The third-order valence-electron chi connectivity index (χ3n) is 0.634. The van der Waals surface area contributed by atoms with Gasteiger partial charge in [0.05, 0.1) is 0 Å². The number of rotatable bonds is 2. The quantitative estimate of drug-likeness (QED) is 0.492. The molecule has 8 heavy (non-hydrogen) atoms. The molecule has 2 radical (unpaired) electrons. The molecule has 0 spiro atoms. The first-order valence-electron chi connectivity index (χ1n) is 2.57. The largest absolute Gasteiger partial charge is 0.295 e. The van der Waals surface area contributed by atoms with E-state index in [0.29, 0.717) is 0 Å². The number of carbonyl (C=O) groups excluding carboxylic acids is 1. The minimum Gasteiger partial charge on any atom is -0.295 e. The Bertz CT molecular complexity index is 101.